The van der Waals surface area contributed by atoms with Crippen LogP contribution in [0.3, 0.4) is 0 Å². The molecule has 1 saturated heterocycles. The maximum Gasteiger partial charge on any atom is 0.573 e. The Labute approximate surface area is 192 Å². The Hall–Kier alpha value is -3.77. The fourth-order valence-electron chi connectivity index (χ4n) is 3.59. The summed E-state index contributed by atoms with van der Waals surface area (Å²) in [5, 5.41) is 12.8. The van der Waals surface area contributed by atoms with Gasteiger partial charge in [-0.3, -0.25) is 4.79 Å². The van der Waals surface area contributed by atoms with Crippen molar-refractivity contribution in [1.29, 1.82) is 0 Å². The number of pyridine rings is 1. The summed E-state index contributed by atoms with van der Waals surface area (Å²) >= 11 is 0. The number of aliphatic hydroxyl groups is 1. The van der Waals surface area contributed by atoms with Gasteiger partial charge in [-0.1, -0.05) is 0 Å². The van der Waals surface area contributed by atoms with Gasteiger partial charge >= 0.3 is 6.36 Å². The standard InChI is InChI=1S/C22H20F3N5O4/c1-33-19-11-30(10-18(19)31)20-17(14-7-26-12-27-8-14)6-13(9-28-20)21(32)29-15-2-4-16(5-3-15)34-22(23,24)25/h2-9,12,18-19,31H,10-11H2,1H3,(H,29,32). The second-order valence-corrected chi connectivity index (χ2v) is 7.50. The summed E-state index contributed by atoms with van der Waals surface area (Å²) in [6.45, 7) is 0.702. The number of rotatable bonds is 6. The summed E-state index contributed by atoms with van der Waals surface area (Å²) in [6, 6.07) is 6.40. The van der Waals surface area contributed by atoms with E-state index < -0.39 is 24.1 Å². The van der Waals surface area contributed by atoms with Crippen LogP contribution in [-0.4, -0.2) is 64.7 Å². The summed E-state index contributed by atoms with van der Waals surface area (Å²) in [4.78, 5) is 27.2. The Balaban J connectivity index is 1.58. The molecular formula is C22H20F3N5O4. The average Bonchev–Trinajstić information content (AvgIpc) is 3.20. The van der Waals surface area contributed by atoms with Crippen LogP contribution in [0.15, 0.2) is 55.2 Å². The number of alkyl halides is 3. The molecule has 2 N–H and O–H groups in total. The molecule has 1 aliphatic heterocycles. The van der Waals surface area contributed by atoms with Crippen LogP contribution in [0.4, 0.5) is 24.7 Å². The maximum atomic E-state index is 12.8. The van der Waals surface area contributed by atoms with Gasteiger partial charge < -0.3 is 24.8 Å². The summed E-state index contributed by atoms with van der Waals surface area (Å²) < 4.78 is 46.1. The van der Waals surface area contributed by atoms with E-state index in [1.165, 1.54) is 31.8 Å². The van der Waals surface area contributed by atoms with Gasteiger partial charge in [-0.25, -0.2) is 15.0 Å². The molecular weight excluding hydrogens is 455 g/mol. The van der Waals surface area contributed by atoms with Crippen LogP contribution in [0, 0.1) is 0 Å². The molecule has 0 spiro atoms. The third-order valence-electron chi connectivity index (χ3n) is 5.19. The smallest absolute Gasteiger partial charge is 0.406 e. The van der Waals surface area contributed by atoms with Crippen LogP contribution in [0.5, 0.6) is 5.75 Å². The number of carbonyl (C=O) groups excluding carboxylic acids is 1. The SMILES string of the molecule is COC1CN(c2ncc(C(=O)Nc3ccc(OC(F)(F)F)cc3)cc2-c2cncnc2)CC1O. The van der Waals surface area contributed by atoms with Gasteiger partial charge in [0.2, 0.25) is 0 Å². The highest BCUT2D eigenvalue weighted by atomic mass is 19.4. The quantitative estimate of drug-likeness (QED) is 0.560. The first-order chi connectivity index (χ1) is 16.2. The zero-order valence-corrected chi connectivity index (χ0v) is 17.9. The van der Waals surface area contributed by atoms with Crippen LogP contribution < -0.4 is 15.0 Å². The predicted octanol–water partition coefficient (Wildman–Crippen LogP) is 2.89. The second kappa shape index (κ2) is 9.61. The largest absolute Gasteiger partial charge is 0.573 e. The lowest BCUT2D eigenvalue weighted by atomic mass is 10.1. The number of amides is 1. The average molecular weight is 475 g/mol. The van der Waals surface area contributed by atoms with Crippen LogP contribution in [0.2, 0.25) is 0 Å². The van der Waals surface area contributed by atoms with Gasteiger partial charge in [0.1, 0.15) is 24.0 Å². The van der Waals surface area contributed by atoms with Crippen molar-refractivity contribution in [3.63, 3.8) is 0 Å². The minimum Gasteiger partial charge on any atom is -0.406 e. The van der Waals surface area contributed by atoms with Gasteiger partial charge in [0.05, 0.1) is 11.7 Å². The van der Waals surface area contributed by atoms with E-state index in [9.17, 15) is 23.1 Å². The molecule has 2 atom stereocenters. The molecule has 12 heteroatoms. The van der Waals surface area contributed by atoms with Crippen molar-refractivity contribution in [1.82, 2.24) is 15.0 Å². The first-order valence-electron chi connectivity index (χ1n) is 10.1. The lowest BCUT2D eigenvalue weighted by molar-refractivity contribution is -0.274. The fraction of sp³-hybridized carbons (Fsp3) is 0.273. The number of benzene rings is 1. The number of anilines is 2. The summed E-state index contributed by atoms with van der Waals surface area (Å²) in [6.07, 6.45) is 0.0347. The van der Waals surface area contributed by atoms with E-state index in [0.29, 0.717) is 30.0 Å². The first kappa shape index (κ1) is 23.4. The van der Waals surface area contributed by atoms with Crippen LogP contribution in [-0.2, 0) is 4.74 Å². The van der Waals surface area contributed by atoms with Gasteiger partial charge in [0.15, 0.2) is 0 Å². The van der Waals surface area contributed by atoms with E-state index in [-0.39, 0.29) is 17.4 Å². The fourth-order valence-corrected chi connectivity index (χ4v) is 3.59. The molecule has 0 bridgehead atoms. The van der Waals surface area contributed by atoms with Gasteiger partial charge in [-0.05, 0) is 30.3 Å². The van der Waals surface area contributed by atoms with E-state index in [2.05, 4.69) is 25.0 Å². The molecule has 3 aromatic rings. The summed E-state index contributed by atoms with van der Waals surface area (Å²) in [5.74, 6) is -0.387. The highest BCUT2D eigenvalue weighted by molar-refractivity contribution is 6.05. The highest BCUT2D eigenvalue weighted by Gasteiger charge is 2.33. The van der Waals surface area contributed by atoms with Crippen molar-refractivity contribution in [2.75, 3.05) is 30.4 Å². The molecule has 178 valence electrons. The number of β-amino-alcohol motifs (C(OH)–C–C–N with tert-alkyl or cyclic N) is 1. The zero-order valence-electron chi connectivity index (χ0n) is 17.9. The van der Waals surface area contributed by atoms with Gasteiger partial charge in [0, 0.05) is 55.6 Å². The molecule has 34 heavy (non-hydrogen) atoms. The Morgan fingerprint density at radius 2 is 1.85 bits per heavy atom. The third kappa shape index (κ3) is 5.41. The Bertz CT molecular complexity index is 1150. The monoisotopic (exact) mass is 475 g/mol. The molecule has 0 aliphatic carbocycles. The molecule has 2 unspecified atom stereocenters. The Kier molecular flexibility index (Phi) is 6.61. The molecule has 4 rings (SSSR count). The number of hydrogen-bond donors (Lipinski definition) is 2. The maximum absolute atomic E-state index is 12.8. The lowest BCUT2D eigenvalue weighted by Crippen LogP contribution is -2.25. The third-order valence-corrected chi connectivity index (χ3v) is 5.19. The van der Waals surface area contributed by atoms with E-state index in [4.69, 9.17) is 4.74 Å². The van der Waals surface area contributed by atoms with Crippen molar-refractivity contribution in [2.45, 2.75) is 18.6 Å². The van der Waals surface area contributed by atoms with Crippen molar-refractivity contribution >= 4 is 17.4 Å². The second-order valence-electron chi connectivity index (χ2n) is 7.50. The van der Waals surface area contributed by atoms with Crippen molar-refractivity contribution in [3.8, 4) is 16.9 Å². The van der Waals surface area contributed by atoms with E-state index in [0.717, 1.165) is 12.1 Å². The number of methoxy groups -OCH3 is 1. The number of nitrogens with one attached hydrogen (secondary N) is 1. The molecule has 1 aromatic carbocycles. The number of ether oxygens (including phenoxy) is 2. The minimum atomic E-state index is -4.80. The predicted molar refractivity (Wildman–Crippen MR) is 115 cm³/mol. The number of hydrogen-bond acceptors (Lipinski definition) is 8. The molecule has 1 amide bonds. The highest BCUT2D eigenvalue weighted by Crippen LogP contribution is 2.32. The Morgan fingerprint density at radius 1 is 1.15 bits per heavy atom. The lowest BCUT2D eigenvalue weighted by Gasteiger charge is -2.21. The van der Waals surface area contributed by atoms with E-state index in [1.807, 2.05) is 4.90 Å². The molecule has 3 heterocycles. The normalized spacial score (nSPS) is 18.1. The number of aromatic nitrogens is 3. The topological polar surface area (TPSA) is 110 Å². The van der Waals surface area contributed by atoms with Crippen LogP contribution in [0.25, 0.3) is 11.1 Å². The number of halogens is 3. The number of aliphatic hydroxyl groups excluding tert-OH is 1. The molecule has 0 saturated carbocycles. The summed E-state index contributed by atoms with van der Waals surface area (Å²) in [5.41, 5.74) is 1.68. The summed E-state index contributed by atoms with van der Waals surface area (Å²) in [7, 11) is 1.52. The van der Waals surface area contributed by atoms with Crippen molar-refractivity contribution < 1.29 is 32.5 Å². The van der Waals surface area contributed by atoms with Crippen LogP contribution in [0.1, 0.15) is 10.4 Å². The van der Waals surface area contributed by atoms with Gasteiger partial charge in [-0.15, -0.1) is 13.2 Å². The van der Waals surface area contributed by atoms with Crippen LogP contribution >= 0.6 is 0 Å². The molecule has 2 aromatic heterocycles. The number of nitrogens with zero attached hydrogens (tertiary/aromatic N) is 4. The molecule has 1 aliphatic rings. The van der Waals surface area contributed by atoms with Gasteiger partial charge in [0.25, 0.3) is 5.91 Å². The minimum absolute atomic E-state index is 0.209. The van der Waals surface area contributed by atoms with E-state index in [1.54, 1.807) is 18.5 Å². The van der Waals surface area contributed by atoms with Crippen molar-refractivity contribution in [2.24, 2.45) is 0 Å². The van der Waals surface area contributed by atoms with Gasteiger partial charge in [-0.2, -0.15) is 0 Å². The zero-order chi connectivity index (χ0) is 24.3. The molecule has 9 nitrogen and oxygen atoms in total. The van der Waals surface area contributed by atoms with E-state index >= 15 is 0 Å². The molecule has 0 radical (unpaired) electrons. The first-order valence-corrected chi connectivity index (χ1v) is 10.1. The molecule has 1 fully saturated rings. The van der Waals surface area contributed by atoms with Crippen molar-refractivity contribution in [3.05, 3.63) is 60.8 Å². The number of carbonyl (C=O) groups is 1. The Morgan fingerprint density at radius 3 is 2.47 bits per heavy atom.